The van der Waals surface area contributed by atoms with Crippen molar-refractivity contribution < 1.29 is 5.11 Å². The Balaban J connectivity index is 1.52. The van der Waals surface area contributed by atoms with Gasteiger partial charge in [0.1, 0.15) is 5.82 Å². The fourth-order valence-electron chi connectivity index (χ4n) is 2.91. The number of rotatable bonds is 8. The van der Waals surface area contributed by atoms with Crippen molar-refractivity contribution in [3.05, 3.63) is 64.0 Å². The number of aliphatic hydroxyl groups excluding tert-OH is 1. The van der Waals surface area contributed by atoms with Crippen molar-refractivity contribution >= 4 is 34.8 Å². The molecule has 7 nitrogen and oxygen atoms in total. The van der Waals surface area contributed by atoms with E-state index in [1.807, 2.05) is 35.7 Å². The summed E-state index contributed by atoms with van der Waals surface area (Å²) in [6.07, 6.45) is 2.84. The molecular formula is C20H24Cl2N6O. The van der Waals surface area contributed by atoms with Crippen LogP contribution in [-0.2, 0) is 6.42 Å². The third kappa shape index (κ3) is 6.06. The number of fused-ring (bicyclic) bond motifs is 1. The minimum Gasteiger partial charge on any atom is -0.386 e. The average molecular weight is 435 g/mol. The van der Waals surface area contributed by atoms with Gasteiger partial charge in [0.25, 0.3) is 0 Å². The number of aliphatic imine (C=N–C) groups is 1. The summed E-state index contributed by atoms with van der Waals surface area (Å²) in [6.45, 7) is 3.62. The van der Waals surface area contributed by atoms with Crippen molar-refractivity contribution in [3.63, 3.8) is 0 Å². The summed E-state index contributed by atoms with van der Waals surface area (Å²) in [6, 6.07) is 10.9. The van der Waals surface area contributed by atoms with E-state index in [1.54, 1.807) is 18.2 Å². The Morgan fingerprint density at radius 2 is 1.97 bits per heavy atom. The zero-order chi connectivity index (χ0) is 20.6. The van der Waals surface area contributed by atoms with Crippen molar-refractivity contribution in [2.75, 3.05) is 19.6 Å². The van der Waals surface area contributed by atoms with E-state index in [9.17, 15) is 5.11 Å². The Kier molecular flexibility index (Phi) is 7.69. The van der Waals surface area contributed by atoms with Crippen LogP contribution in [0.2, 0.25) is 10.0 Å². The Labute approximate surface area is 179 Å². The molecule has 0 radical (unpaired) electrons. The Morgan fingerprint density at radius 1 is 1.17 bits per heavy atom. The largest absolute Gasteiger partial charge is 0.386 e. The molecule has 1 aromatic carbocycles. The molecule has 3 rings (SSSR count). The maximum Gasteiger partial charge on any atom is 0.191 e. The first kappa shape index (κ1) is 21.4. The highest BCUT2D eigenvalue weighted by Gasteiger charge is 2.10. The van der Waals surface area contributed by atoms with E-state index in [0.717, 1.165) is 30.9 Å². The van der Waals surface area contributed by atoms with Crippen molar-refractivity contribution in [3.8, 4) is 0 Å². The van der Waals surface area contributed by atoms with Gasteiger partial charge >= 0.3 is 0 Å². The fourth-order valence-corrected chi connectivity index (χ4v) is 3.45. The Hall–Kier alpha value is -2.35. The van der Waals surface area contributed by atoms with Crippen molar-refractivity contribution in [1.82, 2.24) is 25.2 Å². The van der Waals surface area contributed by atoms with E-state index in [0.29, 0.717) is 28.1 Å². The van der Waals surface area contributed by atoms with Gasteiger partial charge in [0, 0.05) is 35.8 Å². The lowest BCUT2D eigenvalue weighted by atomic mass is 10.1. The second kappa shape index (κ2) is 10.4. The molecule has 0 amide bonds. The van der Waals surface area contributed by atoms with E-state index in [2.05, 4.69) is 25.8 Å². The summed E-state index contributed by atoms with van der Waals surface area (Å²) in [5.74, 6) is 1.57. The average Bonchev–Trinajstić information content (AvgIpc) is 3.11. The summed E-state index contributed by atoms with van der Waals surface area (Å²) in [7, 11) is 0. The Morgan fingerprint density at radius 3 is 2.72 bits per heavy atom. The standard InChI is InChI=1S/C20H24Cl2N6O/c1-2-23-20(25-13-17(29)14-10-15(21)12-16(22)11-14)24-8-5-7-19-27-26-18-6-3-4-9-28(18)19/h3-4,6,9-12,17,29H,2,5,7-8,13H2,1H3,(H2,23,24,25). The van der Waals surface area contributed by atoms with Gasteiger partial charge in [0.15, 0.2) is 11.6 Å². The van der Waals surface area contributed by atoms with Crippen LogP contribution in [0.1, 0.15) is 30.8 Å². The first-order valence-electron chi connectivity index (χ1n) is 9.51. The second-order valence-electron chi connectivity index (χ2n) is 6.51. The molecule has 0 saturated carbocycles. The molecule has 0 saturated heterocycles. The lowest BCUT2D eigenvalue weighted by molar-refractivity contribution is 0.187. The van der Waals surface area contributed by atoms with Crippen LogP contribution in [0.5, 0.6) is 0 Å². The molecular weight excluding hydrogens is 411 g/mol. The lowest BCUT2D eigenvalue weighted by Gasteiger charge is -2.13. The molecule has 1 atom stereocenters. The van der Waals surface area contributed by atoms with E-state index < -0.39 is 6.10 Å². The fraction of sp³-hybridized carbons (Fsp3) is 0.350. The topological polar surface area (TPSA) is 86.8 Å². The monoisotopic (exact) mass is 434 g/mol. The molecule has 29 heavy (non-hydrogen) atoms. The van der Waals surface area contributed by atoms with Crippen LogP contribution in [0, 0.1) is 0 Å². The number of benzene rings is 1. The second-order valence-corrected chi connectivity index (χ2v) is 7.39. The molecule has 154 valence electrons. The maximum absolute atomic E-state index is 10.4. The molecule has 0 aliphatic carbocycles. The molecule has 0 bridgehead atoms. The van der Waals surface area contributed by atoms with Crippen molar-refractivity contribution in [2.45, 2.75) is 25.9 Å². The molecule has 0 spiro atoms. The minimum atomic E-state index is -0.788. The van der Waals surface area contributed by atoms with Gasteiger partial charge < -0.3 is 15.7 Å². The maximum atomic E-state index is 10.4. The quantitative estimate of drug-likeness (QED) is 0.287. The zero-order valence-electron chi connectivity index (χ0n) is 16.1. The van der Waals surface area contributed by atoms with E-state index in [4.69, 9.17) is 23.2 Å². The molecule has 0 fully saturated rings. The molecule has 2 heterocycles. The summed E-state index contributed by atoms with van der Waals surface area (Å²) >= 11 is 12.0. The molecule has 9 heteroatoms. The number of aliphatic hydroxyl groups is 1. The van der Waals surface area contributed by atoms with Crippen LogP contribution in [-0.4, -0.2) is 45.3 Å². The highest BCUT2D eigenvalue weighted by atomic mass is 35.5. The third-order valence-corrected chi connectivity index (χ3v) is 4.73. The van der Waals surface area contributed by atoms with Crippen LogP contribution in [0.4, 0.5) is 0 Å². The highest BCUT2D eigenvalue weighted by molar-refractivity contribution is 6.34. The van der Waals surface area contributed by atoms with Gasteiger partial charge in [-0.05, 0) is 49.2 Å². The van der Waals surface area contributed by atoms with Gasteiger partial charge in [-0.25, -0.2) is 0 Å². The van der Waals surface area contributed by atoms with Gasteiger partial charge in [-0.2, -0.15) is 0 Å². The summed E-state index contributed by atoms with van der Waals surface area (Å²) < 4.78 is 1.99. The Bertz CT molecular complexity index is 954. The molecule has 0 aliphatic heterocycles. The molecule has 1 unspecified atom stereocenters. The number of halogens is 2. The predicted molar refractivity (Wildman–Crippen MR) is 117 cm³/mol. The smallest absolute Gasteiger partial charge is 0.191 e. The lowest BCUT2D eigenvalue weighted by Crippen LogP contribution is -2.38. The van der Waals surface area contributed by atoms with Crippen molar-refractivity contribution in [2.24, 2.45) is 4.99 Å². The minimum absolute atomic E-state index is 0.195. The number of hydrogen-bond acceptors (Lipinski definition) is 4. The highest BCUT2D eigenvalue weighted by Crippen LogP contribution is 2.23. The van der Waals surface area contributed by atoms with Crippen LogP contribution in [0.3, 0.4) is 0 Å². The zero-order valence-corrected chi connectivity index (χ0v) is 17.7. The van der Waals surface area contributed by atoms with Crippen molar-refractivity contribution in [1.29, 1.82) is 0 Å². The van der Waals surface area contributed by atoms with Crippen LogP contribution in [0.25, 0.3) is 5.65 Å². The SMILES string of the molecule is CCNC(=NCC(O)c1cc(Cl)cc(Cl)c1)NCCCc1nnc2ccccn12. The first-order chi connectivity index (χ1) is 14.1. The summed E-state index contributed by atoms with van der Waals surface area (Å²) in [5, 5.41) is 26.2. The number of guanidine groups is 1. The number of aromatic nitrogens is 3. The summed E-state index contributed by atoms with van der Waals surface area (Å²) in [4.78, 5) is 4.46. The normalized spacial score (nSPS) is 12.9. The summed E-state index contributed by atoms with van der Waals surface area (Å²) in [5.41, 5.74) is 1.49. The molecule has 2 aromatic heterocycles. The van der Waals surface area contributed by atoms with Crippen LogP contribution >= 0.6 is 23.2 Å². The van der Waals surface area contributed by atoms with E-state index in [1.165, 1.54) is 0 Å². The van der Waals surface area contributed by atoms with Crippen LogP contribution in [0.15, 0.2) is 47.6 Å². The number of nitrogens with zero attached hydrogens (tertiary/aromatic N) is 4. The van der Waals surface area contributed by atoms with Gasteiger partial charge in [-0.15, -0.1) is 10.2 Å². The first-order valence-corrected chi connectivity index (χ1v) is 10.3. The van der Waals surface area contributed by atoms with Gasteiger partial charge in [-0.3, -0.25) is 9.39 Å². The van der Waals surface area contributed by atoms with Gasteiger partial charge in [-0.1, -0.05) is 29.3 Å². The number of nitrogens with one attached hydrogen (secondary N) is 2. The number of aryl methyl sites for hydroxylation is 1. The van der Waals surface area contributed by atoms with E-state index in [-0.39, 0.29) is 6.54 Å². The van der Waals surface area contributed by atoms with E-state index >= 15 is 0 Å². The molecule has 0 aliphatic rings. The molecule has 3 N–H and O–H groups in total. The number of hydrogen-bond donors (Lipinski definition) is 3. The third-order valence-electron chi connectivity index (χ3n) is 4.29. The van der Waals surface area contributed by atoms with Gasteiger partial charge in [0.2, 0.25) is 0 Å². The predicted octanol–water partition coefficient (Wildman–Crippen LogP) is 3.26. The number of pyridine rings is 1. The van der Waals surface area contributed by atoms with Crippen LogP contribution < -0.4 is 10.6 Å². The molecule has 3 aromatic rings. The van der Waals surface area contributed by atoms with Gasteiger partial charge in [0.05, 0.1) is 12.6 Å².